The number of aliphatic hydroxyl groups excluding tert-OH is 1. The highest BCUT2D eigenvalue weighted by molar-refractivity contribution is 7.89. The van der Waals surface area contributed by atoms with Crippen LogP contribution in [0.25, 0.3) is 10.8 Å². The number of hydrogen-bond donors (Lipinski definition) is 2. The van der Waals surface area contributed by atoms with Crippen LogP contribution in [-0.4, -0.2) is 39.3 Å². The number of fused-ring (bicyclic) bond motifs is 1. The summed E-state index contributed by atoms with van der Waals surface area (Å²) in [5.41, 5.74) is 0. The predicted octanol–water partition coefficient (Wildman–Crippen LogP) is 0.652. The van der Waals surface area contributed by atoms with Crippen LogP contribution in [0, 0.1) is 0 Å². The molecule has 0 aliphatic carbocycles. The third-order valence-electron chi connectivity index (χ3n) is 3.00. The van der Waals surface area contributed by atoms with Crippen molar-refractivity contribution in [2.24, 2.45) is 0 Å². The lowest BCUT2D eigenvalue weighted by Gasteiger charge is -2.15. The maximum atomic E-state index is 12.4. The average molecular weight is 309 g/mol. The quantitative estimate of drug-likeness (QED) is 0.791. The zero-order chi connectivity index (χ0) is 15.5. The third-order valence-corrected chi connectivity index (χ3v) is 4.53. The molecule has 2 N–H and O–H groups in total. The molecule has 0 radical (unpaired) electrons. The standard InChI is InChI=1S/C14H15NO5S/c1-20-14(17)12(9-16)15-21(18,19)13-8-4-6-10-5-2-3-7-11(10)13/h2-8,12,15-16H,9H2,1H3. The molecule has 21 heavy (non-hydrogen) atoms. The summed E-state index contributed by atoms with van der Waals surface area (Å²) in [7, 11) is -2.84. The van der Waals surface area contributed by atoms with Crippen molar-refractivity contribution in [1.82, 2.24) is 4.72 Å². The fourth-order valence-corrected chi connectivity index (χ4v) is 3.39. The number of nitrogens with one attached hydrogen (secondary N) is 1. The molecule has 0 amide bonds. The van der Waals surface area contributed by atoms with E-state index >= 15 is 0 Å². The SMILES string of the molecule is COC(=O)C(CO)NS(=O)(=O)c1cccc2ccccc12. The number of sulfonamides is 1. The molecular formula is C14H15NO5S. The summed E-state index contributed by atoms with van der Waals surface area (Å²) in [6.07, 6.45) is 0. The molecule has 2 aromatic carbocycles. The summed E-state index contributed by atoms with van der Waals surface area (Å²) >= 11 is 0. The average Bonchev–Trinajstić information content (AvgIpc) is 2.51. The van der Waals surface area contributed by atoms with Crippen LogP contribution in [0.3, 0.4) is 0 Å². The summed E-state index contributed by atoms with van der Waals surface area (Å²) in [6.45, 7) is -0.684. The molecule has 6 nitrogen and oxygen atoms in total. The third kappa shape index (κ3) is 3.21. The summed E-state index contributed by atoms with van der Waals surface area (Å²) < 4.78 is 31.4. The highest BCUT2D eigenvalue weighted by Gasteiger charge is 2.26. The summed E-state index contributed by atoms with van der Waals surface area (Å²) in [4.78, 5) is 11.5. The number of methoxy groups -OCH3 is 1. The van der Waals surface area contributed by atoms with Crippen molar-refractivity contribution in [2.75, 3.05) is 13.7 Å². The van der Waals surface area contributed by atoms with Gasteiger partial charge in [-0.3, -0.25) is 4.79 Å². The van der Waals surface area contributed by atoms with Crippen molar-refractivity contribution in [3.05, 3.63) is 42.5 Å². The second kappa shape index (κ2) is 6.21. The molecule has 0 fully saturated rings. The van der Waals surface area contributed by atoms with Crippen LogP contribution in [0.1, 0.15) is 0 Å². The fourth-order valence-electron chi connectivity index (χ4n) is 1.98. The monoisotopic (exact) mass is 309 g/mol. The van der Waals surface area contributed by atoms with E-state index in [2.05, 4.69) is 9.46 Å². The van der Waals surface area contributed by atoms with Gasteiger partial charge in [0.05, 0.1) is 18.6 Å². The molecule has 2 rings (SSSR count). The minimum atomic E-state index is -3.96. The number of aliphatic hydroxyl groups is 1. The van der Waals surface area contributed by atoms with Gasteiger partial charge < -0.3 is 9.84 Å². The van der Waals surface area contributed by atoms with Crippen LogP contribution in [0.5, 0.6) is 0 Å². The Labute approximate surface area is 122 Å². The molecular weight excluding hydrogens is 294 g/mol. The highest BCUT2D eigenvalue weighted by atomic mass is 32.2. The van der Waals surface area contributed by atoms with E-state index in [9.17, 15) is 13.2 Å². The number of ether oxygens (including phenoxy) is 1. The van der Waals surface area contributed by atoms with Gasteiger partial charge in [0.15, 0.2) is 0 Å². The van der Waals surface area contributed by atoms with Gasteiger partial charge in [0, 0.05) is 5.39 Å². The van der Waals surface area contributed by atoms with Crippen molar-refractivity contribution < 1.29 is 23.1 Å². The maximum Gasteiger partial charge on any atom is 0.326 e. The first-order valence-corrected chi connectivity index (χ1v) is 7.66. The lowest BCUT2D eigenvalue weighted by Crippen LogP contribution is -2.43. The minimum absolute atomic E-state index is 0.0444. The van der Waals surface area contributed by atoms with E-state index in [0.29, 0.717) is 5.39 Å². The minimum Gasteiger partial charge on any atom is -0.468 e. The molecule has 0 bridgehead atoms. The van der Waals surface area contributed by atoms with Gasteiger partial charge in [0.2, 0.25) is 10.0 Å². The Morgan fingerprint density at radius 2 is 1.90 bits per heavy atom. The number of carbonyl (C=O) groups excluding carboxylic acids is 1. The Balaban J connectivity index is 2.45. The van der Waals surface area contributed by atoms with Crippen LogP contribution in [0.15, 0.2) is 47.4 Å². The zero-order valence-corrected chi connectivity index (χ0v) is 12.1. The fraction of sp³-hybridized carbons (Fsp3) is 0.214. The maximum absolute atomic E-state index is 12.4. The first-order chi connectivity index (χ1) is 9.99. The van der Waals surface area contributed by atoms with Gasteiger partial charge in [-0.1, -0.05) is 36.4 Å². The van der Waals surface area contributed by atoms with Crippen LogP contribution in [0.2, 0.25) is 0 Å². The van der Waals surface area contributed by atoms with E-state index in [-0.39, 0.29) is 4.90 Å². The molecule has 0 saturated heterocycles. The van der Waals surface area contributed by atoms with Crippen LogP contribution in [0.4, 0.5) is 0 Å². The lowest BCUT2D eigenvalue weighted by atomic mass is 10.1. The normalized spacial score (nSPS) is 13.0. The van der Waals surface area contributed by atoms with Gasteiger partial charge in [-0.15, -0.1) is 0 Å². The van der Waals surface area contributed by atoms with Crippen molar-refractivity contribution in [1.29, 1.82) is 0 Å². The predicted molar refractivity (Wildman–Crippen MR) is 77.2 cm³/mol. The molecule has 0 aliphatic heterocycles. The van der Waals surface area contributed by atoms with Gasteiger partial charge >= 0.3 is 5.97 Å². The van der Waals surface area contributed by atoms with Crippen molar-refractivity contribution >= 4 is 26.8 Å². The van der Waals surface area contributed by atoms with Gasteiger partial charge in [-0.2, -0.15) is 4.72 Å². The first kappa shape index (κ1) is 15.4. The first-order valence-electron chi connectivity index (χ1n) is 6.18. The summed E-state index contributed by atoms with van der Waals surface area (Å²) in [5, 5.41) is 10.4. The number of esters is 1. The number of hydrogen-bond acceptors (Lipinski definition) is 5. The van der Waals surface area contributed by atoms with Crippen molar-refractivity contribution in [3.63, 3.8) is 0 Å². The largest absolute Gasteiger partial charge is 0.468 e. The number of rotatable bonds is 5. The molecule has 0 saturated carbocycles. The molecule has 1 unspecified atom stereocenters. The molecule has 0 aromatic heterocycles. The number of carbonyl (C=O) groups is 1. The van der Waals surface area contributed by atoms with Crippen LogP contribution in [-0.2, 0) is 19.6 Å². The Kier molecular flexibility index (Phi) is 4.56. The Morgan fingerprint density at radius 3 is 2.57 bits per heavy atom. The smallest absolute Gasteiger partial charge is 0.326 e. The lowest BCUT2D eigenvalue weighted by molar-refractivity contribution is -0.143. The van der Waals surface area contributed by atoms with E-state index in [1.807, 2.05) is 0 Å². The van der Waals surface area contributed by atoms with Gasteiger partial charge in [0.1, 0.15) is 6.04 Å². The highest BCUT2D eigenvalue weighted by Crippen LogP contribution is 2.22. The van der Waals surface area contributed by atoms with E-state index in [4.69, 9.17) is 5.11 Å². The molecule has 7 heteroatoms. The van der Waals surface area contributed by atoms with E-state index < -0.39 is 28.6 Å². The summed E-state index contributed by atoms with van der Waals surface area (Å²) in [6, 6.07) is 10.5. The topological polar surface area (TPSA) is 92.7 Å². The Hall–Kier alpha value is -1.96. The Morgan fingerprint density at radius 1 is 1.24 bits per heavy atom. The van der Waals surface area contributed by atoms with Gasteiger partial charge in [-0.25, -0.2) is 8.42 Å². The molecule has 1 atom stereocenters. The van der Waals surface area contributed by atoms with E-state index in [1.165, 1.54) is 6.07 Å². The van der Waals surface area contributed by atoms with Crippen molar-refractivity contribution in [2.45, 2.75) is 10.9 Å². The second-order valence-electron chi connectivity index (χ2n) is 4.36. The number of benzene rings is 2. The molecule has 0 heterocycles. The van der Waals surface area contributed by atoms with Crippen molar-refractivity contribution in [3.8, 4) is 0 Å². The van der Waals surface area contributed by atoms with E-state index in [0.717, 1.165) is 12.5 Å². The zero-order valence-electron chi connectivity index (χ0n) is 11.3. The molecule has 2 aromatic rings. The Bertz CT molecular complexity index is 752. The molecule has 0 aliphatic rings. The molecule has 0 spiro atoms. The van der Waals surface area contributed by atoms with E-state index in [1.54, 1.807) is 36.4 Å². The van der Waals surface area contributed by atoms with Crippen LogP contribution >= 0.6 is 0 Å². The van der Waals surface area contributed by atoms with Crippen LogP contribution < -0.4 is 4.72 Å². The summed E-state index contributed by atoms with van der Waals surface area (Å²) in [5.74, 6) is -0.846. The molecule has 112 valence electrons. The van der Waals surface area contributed by atoms with Gasteiger partial charge in [0.25, 0.3) is 0 Å². The second-order valence-corrected chi connectivity index (χ2v) is 6.04. The van der Waals surface area contributed by atoms with Gasteiger partial charge in [-0.05, 0) is 11.5 Å².